The summed E-state index contributed by atoms with van der Waals surface area (Å²) in [5.74, 6) is 7.67. The zero-order chi connectivity index (χ0) is 15.4. The van der Waals surface area contributed by atoms with Crippen LogP contribution >= 0.6 is 0 Å². The van der Waals surface area contributed by atoms with Gasteiger partial charge in [0.1, 0.15) is 0 Å². The van der Waals surface area contributed by atoms with E-state index in [0.717, 1.165) is 48.0 Å². The molecule has 122 valence electrons. The smallest absolute Gasteiger partial charge is 0.309 e. The molecule has 2 nitrogen and oxygen atoms in total. The molecule has 1 saturated heterocycles. The van der Waals surface area contributed by atoms with Crippen molar-refractivity contribution in [1.29, 1.82) is 0 Å². The SMILES string of the molecule is CC(C)C1(C(C)C)CC2CC1C1C3CC(C4COC(=O)C43)C21. The van der Waals surface area contributed by atoms with Crippen LogP contribution in [0.4, 0.5) is 0 Å². The molecule has 1 heterocycles. The maximum absolute atomic E-state index is 12.2. The molecular weight excluding hydrogens is 272 g/mol. The molecule has 4 bridgehead atoms. The molecule has 5 fully saturated rings. The number of rotatable bonds is 2. The number of carbonyl (C=O) groups excluding carboxylic acids is 1. The minimum Gasteiger partial charge on any atom is -0.465 e. The highest BCUT2D eigenvalue weighted by atomic mass is 16.5. The first kappa shape index (κ1) is 13.9. The van der Waals surface area contributed by atoms with Crippen LogP contribution in [0.2, 0.25) is 0 Å². The van der Waals surface area contributed by atoms with Crippen molar-refractivity contribution in [3.8, 4) is 0 Å². The van der Waals surface area contributed by atoms with Gasteiger partial charge in [-0.3, -0.25) is 4.79 Å². The van der Waals surface area contributed by atoms with Gasteiger partial charge in [0.25, 0.3) is 0 Å². The Kier molecular flexibility index (Phi) is 2.59. The van der Waals surface area contributed by atoms with Gasteiger partial charge in [-0.2, -0.15) is 0 Å². The molecule has 0 N–H and O–H groups in total. The average molecular weight is 302 g/mol. The summed E-state index contributed by atoms with van der Waals surface area (Å²) in [6, 6.07) is 0. The second kappa shape index (κ2) is 4.11. The number of ether oxygens (including phenoxy) is 1. The first-order chi connectivity index (χ1) is 10.5. The maximum atomic E-state index is 12.2. The topological polar surface area (TPSA) is 26.3 Å². The zero-order valence-corrected chi connectivity index (χ0v) is 14.4. The van der Waals surface area contributed by atoms with E-state index < -0.39 is 0 Å². The average Bonchev–Trinajstić information content (AvgIpc) is 3.20. The van der Waals surface area contributed by atoms with Crippen LogP contribution in [0.1, 0.15) is 47.0 Å². The van der Waals surface area contributed by atoms with E-state index >= 15 is 0 Å². The van der Waals surface area contributed by atoms with Gasteiger partial charge in [0.05, 0.1) is 12.5 Å². The monoisotopic (exact) mass is 302 g/mol. The fraction of sp³-hybridized carbons (Fsp3) is 0.950. The largest absolute Gasteiger partial charge is 0.465 e. The lowest BCUT2D eigenvalue weighted by molar-refractivity contribution is -0.144. The Bertz CT molecular complexity index is 514. The third-order valence-corrected chi connectivity index (χ3v) is 9.16. The van der Waals surface area contributed by atoms with Crippen molar-refractivity contribution in [3.05, 3.63) is 0 Å². The Morgan fingerprint density at radius 3 is 2.41 bits per heavy atom. The molecule has 4 saturated carbocycles. The number of esters is 1. The van der Waals surface area contributed by atoms with Gasteiger partial charge >= 0.3 is 5.97 Å². The second-order valence-corrected chi connectivity index (χ2v) is 9.77. The molecule has 0 radical (unpaired) electrons. The molecule has 0 aromatic heterocycles. The van der Waals surface area contributed by atoms with Gasteiger partial charge in [-0.15, -0.1) is 0 Å². The molecule has 0 spiro atoms. The molecule has 4 aliphatic carbocycles. The van der Waals surface area contributed by atoms with Gasteiger partial charge in [-0.1, -0.05) is 27.7 Å². The zero-order valence-electron chi connectivity index (χ0n) is 14.4. The third-order valence-electron chi connectivity index (χ3n) is 9.16. The number of carbonyl (C=O) groups is 1. The van der Waals surface area contributed by atoms with Crippen LogP contribution in [-0.4, -0.2) is 12.6 Å². The molecule has 2 heteroatoms. The first-order valence-corrected chi connectivity index (χ1v) is 9.63. The van der Waals surface area contributed by atoms with Gasteiger partial charge in [-0.05, 0) is 72.0 Å². The van der Waals surface area contributed by atoms with Crippen molar-refractivity contribution in [1.82, 2.24) is 0 Å². The Labute approximate surface area is 134 Å². The molecule has 8 unspecified atom stereocenters. The number of fused-ring (bicyclic) bond motifs is 12. The maximum Gasteiger partial charge on any atom is 0.309 e. The van der Waals surface area contributed by atoms with Crippen molar-refractivity contribution in [2.45, 2.75) is 47.0 Å². The molecule has 5 aliphatic rings. The number of hydrogen-bond acceptors (Lipinski definition) is 2. The van der Waals surface area contributed by atoms with Crippen LogP contribution in [0.3, 0.4) is 0 Å². The summed E-state index contributed by atoms with van der Waals surface area (Å²) in [5.41, 5.74) is 0.536. The van der Waals surface area contributed by atoms with E-state index in [2.05, 4.69) is 27.7 Å². The highest BCUT2D eigenvalue weighted by molar-refractivity contribution is 5.76. The van der Waals surface area contributed by atoms with E-state index in [1.165, 1.54) is 19.3 Å². The van der Waals surface area contributed by atoms with E-state index in [-0.39, 0.29) is 11.9 Å². The Balaban J connectivity index is 1.54. The van der Waals surface area contributed by atoms with Crippen LogP contribution < -0.4 is 0 Å². The number of hydrogen-bond donors (Lipinski definition) is 0. The van der Waals surface area contributed by atoms with Gasteiger partial charge < -0.3 is 4.74 Å². The predicted octanol–water partition coefficient (Wildman–Crippen LogP) is 4.00. The van der Waals surface area contributed by atoms with Crippen molar-refractivity contribution in [3.63, 3.8) is 0 Å². The summed E-state index contributed by atoms with van der Waals surface area (Å²) in [4.78, 5) is 12.2. The molecule has 1 aliphatic heterocycles. The number of cyclic esters (lactones) is 1. The molecule has 0 amide bonds. The van der Waals surface area contributed by atoms with Gasteiger partial charge in [0.15, 0.2) is 0 Å². The summed E-state index contributed by atoms with van der Waals surface area (Å²) in [7, 11) is 0. The van der Waals surface area contributed by atoms with Gasteiger partial charge in [-0.25, -0.2) is 0 Å². The van der Waals surface area contributed by atoms with E-state index in [1.807, 2.05) is 0 Å². The van der Waals surface area contributed by atoms with Crippen LogP contribution in [0.15, 0.2) is 0 Å². The summed E-state index contributed by atoms with van der Waals surface area (Å²) in [5, 5.41) is 0. The molecule has 8 atom stereocenters. The lowest BCUT2D eigenvalue weighted by atomic mass is 9.52. The summed E-state index contributed by atoms with van der Waals surface area (Å²) < 4.78 is 5.46. The predicted molar refractivity (Wildman–Crippen MR) is 84.8 cm³/mol. The Morgan fingerprint density at radius 1 is 1.00 bits per heavy atom. The van der Waals surface area contributed by atoms with Crippen LogP contribution in [-0.2, 0) is 9.53 Å². The van der Waals surface area contributed by atoms with E-state index in [9.17, 15) is 4.79 Å². The molecule has 0 aromatic carbocycles. The van der Waals surface area contributed by atoms with Crippen LogP contribution in [0.5, 0.6) is 0 Å². The summed E-state index contributed by atoms with van der Waals surface area (Å²) in [6.45, 7) is 10.6. The molecule has 0 aromatic rings. The summed E-state index contributed by atoms with van der Waals surface area (Å²) >= 11 is 0. The lowest BCUT2D eigenvalue weighted by Gasteiger charge is -2.52. The summed E-state index contributed by atoms with van der Waals surface area (Å²) in [6.07, 6.45) is 4.27. The lowest BCUT2D eigenvalue weighted by Crippen LogP contribution is -2.49. The molecule has 22 heavy (non-hydrogen) atoms. The third kappa shape index (κ3) is 1.30. The Morgan fingerprint density at radius 2 is 1.73 bits per heavy atom. The van der Waals surface area contributed by atoms with Crippen LogP contribution in [0, 0.1) is 64.6 Å². The van der Waals surface area contributed by atoms with Crippen molar-refractivity contribution >= 4 is 5.97 Å². The van der Waals surface area contributed by atoms with E-state index in [0.29, 0.717) is 17.3 Å². The first-order valence-electron chi connectivity index (χ1n) is 9.63. The quantitative estimate of drug-likeness (QED) is 0.569. The minimum atomic E-state index is 0.151. The fourth-order valence-corrected chi connectivity index (χ4v) is 8.75. The van der Waals surface area contributed by atoms with Crippen molar-refractivity contribution in [2.24, 2.45) is 64.6 Å². The molecular formula is C20H30O2. The highest BCUT2D eigenvalue weighted by Crippen LogP contribution is 2.76. The standard InChI is InChI=1S/C20H30O2/c1-9(2)20(10(3)4)7-11-5-15(20)18-13-6-12(16(11)18)14-8-22-19(21)17(13)14/h9-18H,5-8H2,1-4H3. The fourth-order valence-electron chi connectivity index (χ4n) is 8.75. The van der Waals surface area contributed by atoms with Gasteiger partial charge in [0, 0.05) is 5.92 Å². The minimum absolute atomic E-state index is 0.151. The van der Waals surface area contributed by atoms with Crippen LogP contribution in [0.25, 0.3) is 0 Å². The van der Waals surface area contributed by atoms with E-state index in [1.54, 1.807) is 0 Å². The normalized spacial score (nSPS) is 53.5. The van der Waals surface area contributed by atoms with Crippen molar-refractivity contribution < 1.29 is 9.53 Å². The van der Waals surface area contributed by atoms with Crippen molar-refractivity contribution in [2.75, 3.05) is 6.61 Å². The van der Waals surface area contributed by atoms with Gasteiger partial charge in [0.2, 0.25) is 0 Å². The molecule has 5 rings (SSSR count). The second-order valence-electron chi connectivity index (χ2n) is 9.77. The Hall–Kier alpha value is -0.530. The van der Waals surface area contributed by atoms with E-state index in [4.69, 9.17) is 4.74 Å². The highest BCUT2D eigenvalue weighted by Gasteiger charge is 2.73.